The van der Waals surface area contributed by atoms with Gasteiger partial charge in [0.05, 0.1) is 10.9 Å². The van der Waals surface area contributed by atoms with Crippen LogP contribution in [0.5, 0.6) is 0 Å². The van der Waals surface area contributed by atoms with Gasteiger partial charge in [-0.15, -0.1) is 6.42 Å². The number of hydrogen-bond acceptors (Lipinski definition) is 7. The standard InChI is InChI=1S/C30H31F2N7/c1-4-21-24(31)11-10-19-7-5-9-22(25(19)21)27-26(32)28-23(17-34-27)29(38(3)18-20-8-6-12-33-20)36-30(35-28)39-15-13-37(2)14-16-39/h1,5,7,9-11,17,20,33H,6,8,12-16,18H2,2-3H3/t20-/m1/s1. The predicted molar refractivity (Wildman–Crippen MR) is 152 cm³/mol. The van der Waals surface area contributed by atoms with E-state index >= 15 is 4.39 Å². The van der Waals surface area contributed by atoms with Crippen LogP contribution in [-0.4, -0.2) is 79.3 Å². The van der Waals surface area contributed by atoms with Crippen LogP contribution in [0.25, 0.3) is 32.9 Å². The number of halogens is 2. The molecule has 2 fully saturated rings. The minimum atomic E-state index is -0.571. The van der Waals surface area contributed by atoms with Gasteiger partial charge in [0.15, 0.2) is 5.82 Å². The maximum Gasteiger partial charge on any atom is 0.228 e. The van der Waals surface area contributed by atoms with Crippen LogP contribution in [0.3, 0.4) is 0 Å². The Kier molecular flexibility index (Phi) is 6.75. The van der Waals surface area contributed by atoms with E-state index in [1.54, 1.807) is 24.4 Å². The normalized spacial score (nSPS) is 18.1. The number of nitrogens with one attached hydrogen (secondary N) is 1. The maximum atomic E-state index is 16.5. The average Bonchev–Trinajstić information content (AvgIpc) is 3.46. The van der Waals surface area contributed by atoms with E-state index in [4.69, 9.17) is 16.4 Å². The van der Waals surface area contributed by atoms with Crippen LogP contribution in [0.4, 0.5) is 20.5 Å². The molecule has 0 radical (unpaired) electrons. The molecule has 0 aliphatic carbocycles. The van der Waals surface area contributed by atoms with Gasteiger partial charge in [-0.2, -0.15) is 4.98 Å². The predicted octanol–water partition coefficient (Wildman–Crippen LogP) is 4.04. The topological polar surface area (TPSA) is 60.4 Å². The van der Waals surface area contributed by atoms with E-state index in [9.17, 15) is 4.39 Å². The Bertz CT molecular complexity index is 1580. The number of likely N-dealkylation sites (N-methyl/N-ethyl adjacent to an activating group) is 2. The van der Waals surface area contributed by atoms with Crippen LogP contribution in [0, 0.1) is 24.0 Å². The Hall–Kier alpha value is -3.87. The molecule has 39 heavy (non-hydrogen) atoms. The van der Waals surface area contributed by atoms with Gasteiger partial charge in [-0.25, -0.2) is 13.8 Å². The van der Waals surface area contributed by atoms with Crippen LogP contribution in [0.15, 0.2) is 36.5 Å². The molecule has 2 saturated heterocycles. The quantitative estimate of drug-likeness (QED) is 0.393. The first-order valence-electron chi connectivity index (χ1n) is 13.4. The summed E-state index contributed by atoms with van der Waals surface area (Å²) in [6, 6.07) is 8.67. The second-order valence-electron chi connectivity index (χ2n) is 10.5. The molecule has 0 unspecified atom stereocenters. The number of rotatable bonds is 5. The summed E-state index contributed by atoms with van der Waals surface area (Å²) in [5.41, 5.74) is 0.809. The van der Waals surface area contributed by atoms with Crippen molar-refractivity contribution in [2.75, 3.05) is 63.2 Å². The summed E-state index contributed by atoms with van der Waals surface area (Å²) in [4.78, 5) is 20.7. The fourth-order valence-electron chi connectivity index (χ4n) is 5.68. The first-order chi connectivity index (χ1) is 18.9. The number of terminal acetylenes is 1. The van der Waals surface area contributed by atoms with Crippen LogP contribution >= 0.6 is 0 Å². The Labute approximate surface area is 226 Å². The van der Waals surface area contributed by atoms with Crippen molar-refractivity contribution in [3.63, 3.8) is 0 Å². The number of benzene rings is 2. The van der Waals surface area contributed by atoms with Gasteiger partial charge in [-0.1, -0.05) is 30.2 Å². The molecule has 9 heteroatoms. The van der Waals surface area contributed by atoms with Gasteiger partial charge >= 0.3 is 0 Å². The molecule has 2 aromatic carbocycles. The number of nitrogens with zero attached hydrogens (tertiary/aromatic N) is 6. The number of anilines is 2. The molecule has 6 rings (SSSR count). The van der Waals surface area contributed by atoms with Gasteiger partial charge in [-0.05, 0) is 37.9 Å². The van der Waals surface area contributed by atoms with Crippen molar-refractivity contribution < 1.29 is 8.78 Å². The number of aromatic nitrogens is 3. The third-order valence-electron chi connectivity index (χ3n) is 7.85. The van der Waals surface area contributed by atoms with Gasteiger partial charge in [0.1, 0.15) is 22.8 Å². The maximum absolute atomic E-state index is 16.5. The number of fused-ring (bicyclic) bond motifs is 2. The van der Waals surface area contributed by atoms with Crippen molar-refractivity contribution in [3.8, 4) is 23.6 Å². The van der Waals surface area contributed by atoms with Crippen molar-refractivity contribution in [1.82, 2.24) is 25.2 Å². The van der Waals surface area contributed by atoms with Crippen LogP contribution in [-0.2, 0) is 0 Å². The van der Waals surface area contributed by atoms with E-state index in [0.29, 0.717) is 39.5 Å². The van der Waals surface area contributed by atoms with Crippen molar-refractivity contribution in [3.05, 3.63) is 53.7 Å². The Morgan fingerprint density at radius 2 is 1.95 bits per heavy atom. The zero-order valence-electron chi connectivity index (χ0n) is 22.2. The summed E-state index contributed by atoms with van der Waals surface area (Å²) in [6.45, 7) is 5.00. The smallest absolute Gasteiger partial charge is 0.228 e. The zero-order chi connectivity index (χ0) is 27.1. The van der Waals surface area contributed by atoms with Crippen molar-refractivity contribution in [1.29, 1.82) is 0 Å². The van der Waals surface area contributed by atoms with Crippen molar-refractivity contribution >= 4 is 33.4 Å². The second-order valence-corrected chi connectivity index (χ2v) is 10.5. The first kappa shape index (κ1) is 25.4. The average molecular weight is 528 g/mol. The fourth-order valence-corrected chi connectivity index (χ4v) is 5.68. The van der Waals surface area contributed by atoms with Crippen molar-refractivity contribution in [2.24, 2.45) is 0 Å². The van der Waals surface area contributed by atoms with E-state index in [1.165, 1.54) is 6.07 Å². The molecule has 2 aliphatic heterocycles. The molecule has 4 aromatic rings. The van der Waals surface area contributed by atoms with E-state index in [-0.39, 0.29) is 16.8 Å². The zero-order valence-corrected chi connectivity index (χ0v) is 22.2. The highest BCUT2D eigenvalue weighted by molar-refractivity contribution is 6.02. The van der Waals surface area contributed by atoms with Gasteiger partial charge in [-0.3, -0.25) is 4.98 Å². The molecular formula is C30H31F2N7. The van der Waals surface area contributed by atoms with Crippen molar-refractivity contribution in [2.45, 2.75) is 18.9 Å². The third kappa shape index (κ3) is 4.64. The lowest BCUT2D eigenvalue weighted by Gasteiger charge is -2.33. The third-order valence-corrected chi connectivity index (χ3v) is 7.85. The van der Waals surface area contributed by atoms with Crippen LogP contribution in [0.1, 0.15) is 18.4 Å². The summed E-state index contributed by atoms with van der Waals surface area (Å²) in [7, 11) is 4.06. The molecular weight excluding hydrogens is 496 g/mol. The summed E-state index contributed by atoms with van der Waals surface area (Å²) in [5, 5.41) is 5.24. The van der Waals surface area contributed by atoms with Gasteiger partial charge in [0.2, 0.25) is 5.95 Å². The highest BCUT2D eigenvalue weighted by Gasteiger charge is 2.25. The summed E-state index contributed by atoms with van der Waals surface area (Å²) >= 11 is 0. The second kappa shape index (κ2) is 10.4. The highest BCUT2D eigenvalue weighted by atomic mass is 19.1. The van der Waals surface area contributed by atoms with Crippen LogP contribution in [0.2, 0.25) is 0 Å². The molecule has 7 nitrogen and oxygen atoms in total. The van der Waals surface area contributed by atoms with Crippen LogP contribution < -0.4 is 15.1 Å². The summed E-state index contributed by atoms with van der Waals surface area (Å²) in [6.07, 6.45) is 9.54. The Morgan fingerprint density at radius 1 is 1.13 bits per heavy atom. The Morgan fingerprint density at radius 3 is 2.69 bits per heavy atom. The minimum absolute atomic E-state index is 0.0873. The largest absolute Gasteiger partial charge is 0.357 e. The minimum Gasteiger partial charge on any atom is -0.357 e. The molecule has 2 aliphatic rings. The molecule has 1 N–H and O–H groups in total. The lowest BCUT2D eigenvalue weighted by atomic mass is 9.96. The monoisotopic (exact) mass is 527 g/mol. The number of piperazine rings is 1. The van der Waals surface area contributed by atoms with Gasteiger partial charge < -0.3 is 20.0 Å². The van der Waals surface area contributed by atoms with Gasteiger partial charge in [0.25, 0.3) is 0 Å². The van der Waals surface area contributed by atoms with E-state index in [0.717, 1.165) is 52.1 Å². The van der Waals surface area contributed by atoms with E-state index in [2.05, 4.69) is 38.0 Å². The van der Waals surface area contributed by atoms with Gasteiger partial charge in [0, 0.05) is 63.0 Å². The highest BCUT2D eigenvalue weighted by Crippen LogP contribution is 2.36. The lowest BCUT2D eigenvalue weighted by molar-refractivity contribution is 0.311. The summed E-state index contributed by atoms with van der Waals surface area (Å²) in [5.74, 6) is 2.50. The molecule has 2 aromatic heterocycles. The molecule has 0 spiro atoms. The number of pyridine rings is 1. The molecule has 0 amide bonds. The Balaban J connectivity index is 1.53. The summed E-state index contributed by atoms with van der Waals surface area (Å²) < 4.78 is 31.2. The molecule has 200 valence electrons. The lowest BCUT2D eigenvalue weighted by Crippen LogP contribution is -2.45. The van der Waals surface area contributed by atoms with E-state index in [1.807, 2.05) is 13.1 Å². The number of hydrogen-bond donors (Lipinski definition) is 1. The molecule has 0 saturated carbocycles. The molecule has 1 atom stereocenters. The molecule has 4 heterocycles. The first-order valence-corrected chi connectivity index (χ1v) is 13.4. The molecule has 0 bridgehead atoms. The SMILES string of the molecule is C#Cc1c(F)ccc2cccc(-c3ncc4c(N(C)C[C@H]5CCCN5)nc(N5CCN(C)CC5)nc4c3F)c12. The fraction of sp³-hybridized carbons (Fsp3) is 0.367. The van der Waals surface area contributed by atoms with E-state index < -0.39 is 11.6 Å².